The summed E-state index contributed by atoms with van der Waals surface area (Å²) in [6, 6.07) is 8.74. The molecule has 2 rings (SSSR count). The molecule has 8 heteroatoms. The highest BCUT2D eigenvalue weighted by Crippen LogP contribution is 2.29. The normalized spacial score (nSPS) is 12.1. The zero-order chi connectivity index (χ0) is 19.0. The van der Waals surface area contributed by atoms with E-state index < -0.39 is 11.7 Å². The fourth-order valence-corrected chi connectivity index (χ4v) is 2.31. The monoisotopic (exact) mass is 384 g/mol. The second kappa shape index (κ2) is 9.43. The molecular formula is C18H20ClF3N4. The third-order valence-corrected chi connectivity index (χ3v) is 3.76. The number of nitrogens with zero attached hydrogens (tertiary/aromatic N) is 2. The van der Waals surface area contributed by atoms with Crippen LogP contribution < -0.4 is 10.6 Å². The highest BCUT2D eigenvalue weighted by atomic mass is 35.5. The summed E-state index contributed by atoms with van der Waals surface area (Å²) in [4.78, 5) is 8.46. The number of benzene rings is 1. The largest absolute Gasteiger partial charge is 0.416 e. The van der Waals surface area contributed by atoms with Crippen molar-refractivity contribution in [2.24, 2.45) is 4.99 Å². The second-order valence-electron chi connectivity index (χ2n) is 5.56. The number of alkyl halides is 3. The van der Waals surface area contributed by atoms with Crippen LogP contribution in [0.3, 0.4) is 0 Å². The first-order valence-corrected chi connectivity index (χ1v) is 8.55. The second-order valence-corrected chi connectivity index (χ2v) is 5.94. The molecule has 0 radical (unpaired) electrons. The van der Waals surface area contributed by atoms with Gasteiger partial charge in [-0.05, 0) is 42.7 Å². The molecule has 26 heavy (non-hydrogen) atoms. The van der Waals surface area contributed by atoms with E-state index >= 15 is 0 Å². The molecule has 0 aliphatic carbocycles. The summed E-state index contributed by atoms with van der Waals surface area (Å²) in [5.41, 5.74) is 1.11. The van der Waals surface area contributed by atoms with Crippen LogP contribution in [-0.4, -0.2) is 24.0 Å². The number of pyridine rings is 1. The molecule has 140 valence electrons. The lowest BCUT2D eigenvalue weighted by atomic mass is 10.1. The summed E-state index contributed by atoms with van der Waals surface area (Å²) in [6.07, 6.45) is -2.05. The SMILES string of the molecule is CCNC(=NCc1ccc(Cl)nc1)NCCc1ccc(C(F)(F)F)cc1. The minimum absolute atomic E-state index is 0.430. The van der Waals surface area contributed by atoms with Crippen molar-refractivity contribution in [3.8, 4) is 0 Å². The van der Waals surface area contributed by atoms with Gasteiger partial charge in [0.05, 0.1) is 12.1 Å². The van der Waals surface area contributed by atoms with Crippen molar-refractivity contribution in [1.29, 1.82) is 0 Å². The van der Waals surface area contributed by atoms with Crippen molar-refractivity contribution in [3.05, 3.63) is 64.4 Å². The average Bonchev–Trinajstić information content (AvgIpc) is 2.61. The van der Waals surface area contributed by atoms with E-state index in [0.717, 1.165) is 23.3 Å². The van der Waals surface area contributed by atoms with Crippen LogP contribution in [0, 0.1) is 0 Å². The zero-order valence-electron chi connectivity index (χ0n) is 14.3. The van der Waals surface area contributed by atoms with Crippen molar-refractivity contribution in [3.63, 3.8) is 0 Å². The molecule has 0 saturated heterocycles. The van der Waals surface area contributed by atoms with E-state index in [9.17, 15) is 13.2 Å². The van der Waals surface area contributed by atoms with Gasteiger partial charge in [0.25, 0.3) is 0 Å². The maximum absolute atomic E-state index is 12.6. The summed E-state index contributed by atoms with van der Waals surface area (Å²) >= 11 is 5.75. The molecule has 1 heterocycles. The van der Waals surface area contributed by atoms with Crippen LogP contribution in [0.25, 0.3) is 0 Å². The van der Waals surface area contributed by atoms with Crippen LogP contribution >= 0.6 is 11.6 Å². The lowest BCUT2D eigenvalue weighted by Crippen LogP contribution is -2.38. The van der Waals surface area contributed by atoms with Gasteiger partial charge in [-0.2, -0.15) is 13.2 Å². The van der Waals surface area contributed by atoms with E-state index in [1.165, 1.54) is 12.1 Å². The van der Waals surface area contributed by atoms with Crippen molar-refractivity contribution in [2.75, 3.05) is 13.1 Å². The van der Waals surface area contributed by atoms with Crippen LogP contribution in [-0.2, 0) is 19.1 Å². The van der Waals surface area contributed by atoms with E-state index in [4.69, 9.17) is 11.6 Å². The molecule has 2 aromatic rings. The Morgan fingerprint density at radius 3 is 2.35 bits per heavy atom. The van der Waals surface area contributed by atoms with Gasteiger partial charge < -0.3 is 10.6 Å². The molecule has 2 N–H and O–H groups in total. The standard InChI is InChI=1S/C18H20ClF3N4/c1-2-23-17(26-12-14-5-8-16(19)25-11-14)24-10-9-13-3-6-15(7-4-13)18(20,21)22/h3-8,11H,2,9-10,12H2,1H3,(H2,23,24,26). The molecule has 0 aliphatic heterocycles. The summed E-state index contributed by atoms with van der Waals surface area (Å²) in [5.74, 6) is 0.634. The minimum Gasteiger partial charge on any atom is -0.357 e. The van der Waals surface area contributed by atoms with Crippen molar-refractivity contribution in [2.45, 2.75) is 26.1 Å². The lowest BCUT2D eigenvalue weighted by molar-refractivity contribution is -0.137. The Bertz CT molecular complexity index is 713. The number of guanidine groups is 1. The fraction of sp³-hybridized carbons (Fsp3) is 0.333. The first kappa shape index (κ1) is 20.0. The van der Waals surface area contributed by atoms with Crippen LogP contribution in [0.2, 0.25) is 5.15 Å². The van der Waals surface area contributed by atoms with E-state index in [2.05, 4.69) is 20.6 Å². The van der Waals surface area contributed by atoms with Gasteiger partial charge in [-0.3, -0.25) is 0 Å². The average molecular weight is 385 g/mol. The fourth-order valence-electron chi connectivity index (χ4n) is 2.20. The molecule has 0 amide bonds. The quantitative estimate of drug-likeness (QED) is 0.449. The van der Waals surface area contributed by atoms with Gasteiger partial charge in [0.1, 0.15) is 5.15 Å². The molecule has 0 fully saturated rings. The maximum Gasteiger partial charge on any atom is 0.416 e. The predicted octanol–water partition coefficient (Wildman–Crippen LogP) is 4.05. The minimum atomic E-state index is -4.31. The van der Waals surface area contributed by atoms with Crippen LogP contribution in [0.4, 0.5) is 13.2 Å². The first-order valence-electron chi connectivity index (χ1n) is 8.17. The Hall–Kier alpha value is -2.28. The Morgan fingerprint density at radius 2 is 1.77 bits per heavy atom. The maximum atomic E-state index is 12.6. The summed E-state index contributed by atoms with van der Waals surface area (Å²) in [7, 11) is 0. The summed E-state index contributed by atoms with van der Waals surface area (Å²) in [6.45, 7) is 3.65. The van der Waals surface area contributed by atoms with E-state index in [1.54, 1.807) is 12.3 Å². The van der Waals surface area contributed by atoms with Crippen molar-refractivity contribution < 1.29 is 13.2 Å². The van der Waals surface area contributed by atoms with Gasteiger partial charge in [0.2, 0.25) is 0 Å². The number of hydrogen-bond donors (Lipinski definition) is 2. The number of hydrogen-bond acceptors (Lipinski definition) is 2. The summed E-state index contributed by atoms with van der Waals surface area (Å²) in [5, 5.41) is 6.72. The van der Waals surface area contributed by atoms with Gasteiger partial charge in [-0.25, -0.2) is 9.98 Å². The number of halogens is 4. The molecule has 1 aromatic carbocycles. The molecule has 0 bridgehead atoms. The zero-order valence-corrected chi connectivity index (χ0v) is 15.0. The Kier molecular flexibility index (Phi) is 7.26. The molecule has 0 saturated carbocycles. The molecule has 0 spiro atoms. The smallest absolute Gasteiger partial charge is 0.357 e. The van der Waals surface area contributed by atoms with Crippen molar-refractivity contribution in [1.82, 2.24) is 15.6 Å². The molecule has 0 unspecified atom stereocenters. The van der Waals surface area contributed by atoms with Crippen LogP contribution in [0.1, 0.15) is 23.6 Å². The molecule has 1 aromatic heterocycles. The number of aliphatic imine (C=N–C) groups is 1. The van der Waals surface area contributed by atoms with E-state index in [0.29, 0.717) is 37.2 Å². The van der Waals surface area contributed by atoms with Crippen molar-refractivity contribution >= 4 is 17.6 Å². The molecule has 0 atom stereocenters. The molecule has 0 aliphatic rings. The summed E-state index contributed by atoms with van der Waals surface area (Å²) < 4.78 is 37.7. The third-order valence-electron chi connectivity index (χ3n) is 3.54. The Balaban J connectivity index is 1.87. The predicted molar refractivity (Wildman–Crippen MR) is 97.2 cm³/mol. The van der Waals surface area contributed by atoms with Gasteiger partial charge >= 0.3 is 6.18 Å². The highest BCUT2D eigenvalue weighted by molar-refractivity contribution is 6.29. The Labute approximate surface area is 155 Å². The van der Waals surface area contributed by atoms with E-state index in [-0.39, 0.29) is 0 Å². The molecular weight excluding hydrogens is 365 g/mol. The first-order chi connectivity index (χ1) is 12.4. The van der Waals surface area contributed by atoms with Gasteiger partial charge in [-0.15, -0.1) is 0 Å². The van der Waals surface area contributed by atoms with Crippen LogP contribution in [0.5, 0.6) is 0 Å². The number of aromatic nitrogens is 1. The topological polar surface area (TPSA) is 49.3 Å². The third kappa shape index (κ3) is 6.55. The molecule has 4 nitrogen and oxygen atoms in total. The van der Waals surface area contributed by atoms with Gasteiger partial charge in [-0.1, -0.05) is 29.8 Å². The van der Waals surface area contributed by atoms with E-state index in [1.807, 2.05) is 13.0 Å². The van der Waals surface area contributed by atoms with Gasteiger partial charge in [0, 0.05) is 19.3 Å². The van der Waals surface area contributed by atoms with Gasteiger partial charge in [0.15, 0.2) is 5.96 Å². The Morgan fingerprint density at radius 1 is 1.08 bits per heavy atom. The highest BCUT2D eigenvalue weighted by Gasteiger charge is 2.29. The number of rotatable bonds is 6. The van der Waals surface area contributed by atoms with Crippen LogP contribution in [0.15, 0.2) is 47.6 Å². The number of nitrogens with one attached hydrogen (secondary N) is 2. The lowest BCUT2D eigenvalue weighted by Gasteiger charge is -2.12.